The van der Waals surface area contributed by atoms with Crippen LogP contribution in [0.2, 0.25) is 0 Å². The maximum absolute atomic E-state index is 13.4. The molecule has 0 N–H and O–H groups in total. The van der Waals surface area contributed by atoms with E-state index in [9.17, 15) is 12.8 Å². The van der Waals surface area contributed by atoms with E-state index in [4.69, 9.17) is 0 Å². The molecule has 0 bridgehead atoms. The van der Waals surface area contributed by atoms with Crippen LogP contribution in [0.25, 0.3) is 0 Å². The summed E-state index contributed by atoms with van der Waals surface area (Å²) in [6.07, 6.45) is 2.14. The van der Waals surface area contributed by atoms with Crippen molar-refractivity contribution in [3.63, 3.8) is 0 Å². The molecule has 0 spiro atoms. The molecule has 0 aliphatic carbocycles. The van der Waals surface area contributed by atoms with Crippen LogP contribution in [0.15, 0.2) is 23.4 Å². The predicted octanol–water partition coefficient (Wildman–Crippen LogP) is 1.89. The van der Waals surface area contributed by atoms with Gasteiger partial charge >= 0.3 is 0 Å². The summed E-state index contributed by atoms with van der Waals surface area (Å²) in [6, 6.07) is 2.46. The maximum atomic E-state index is 13.4. The van der Waals surface area contributed by atoms with E-state index in [1.807, 2.05) is 13.8 Å². The number of pyridine rings is 1. The van der Waals surface area contributed by atoms with Crippen molar-refractivity contribution < 1.29 is 12.8 Å². The molecule has 0 saturated heterocycles. The molecule has 0 radical (unpaired) electrons. The van der Waals surface area contributed by atoms with Crippen molar-refractivity contribution in [2.75, 3.05) is 13.6 Å². The van der Waals surface area contributed by atoms with Gasteiger partial charge in [0.25, 0.3) is 10.0 Å². The van der Waals surface area contributed by atoms with Crippen LogP contribution < -0.4 is 0 Å². The molecule has 1 rings (SSSR count). The second kappa shape index (κ2) is 5.55. The van der Waals surface area contributed by atoms with Crippen LogP contribution in [0.5, 0.6) is 0 Å². The minimum Gasteiger partial charge on any atom is -0.241 e. The van der Waals surface area contributed by atoms with Crippen molar-refractivity contribution in [1.29, 1.82) is 0 Å². The quantitative estimate of drug-likeness (QED) is 0.812. The largest absolute Gasteiger partial charge is 0.263 e. The van der Waals surface area contributed by atoms with Crippen LogP contribution in [0, 0.1) is 11.7 Å². The minimum atomic E-state index is -3.83. The van der Waals surface area contributed by atoms with E-state index in [-0.39, 0.29) is 5.92 Å². The first-order valence-electron chi connectivity index (χ1n) is 5.46. The minimum absolute atomic E-state index is 0.224. The first-order chi connectivity index (χ1) is 7.89. The van der Waals surface area contributed by atoms with E-state index in [0.717, 1.165) is 16.8 Å². The average Bonchev–Trinajstić information content (AvgIpc) is 2.29. The highest BCUT2D eigenvalue weighted by molar-refractivity contribution is 7.89. The number of hydrogen-bond acceptors (Lipinski definition) is 3. The topological polar surface area (TPSA) is 50.3 Å². The van der Waals surface area contributed by atoms with Gasteiger partial charge in [0, 0.05) is 19.8 Å². The number of aromatic nitrogens is 1. The smallest absolute Gasteiger partial charge is 0.241 e. The highest BCUT2D eigenvalue weighted by Crippen LogP contribution is 2.16. The number of rotatable bonds is 5. The van der Waals surface area contributed by atoms with Crippen LogP contribution in [0.3, 0.4) is 0 Å². The molecule has 17 heavy (non-hydrogen) atoms. The lowest BCUT2D eigenvalue weighted by atomic mass is 10.1. The van der Waals surface area contributed by atoms with Gasteiger partial charge in [0.2, 0.25) is 5.03 Å². The van der Waals surface area contributed by atoms with Gasteiger partial charge in [-0.3, -0.25) is 0 Å². The van der Waals surface area contributed by atoms with Gasteiger partial charge in [-0.1, -0.05) is 20.3 Å². The monoisotopic (exact) mass is 260 g/mol. The second-order valence-corrected chi connectivity index (χ2v) is 6.05. The summed E-state index contributed by atoms with van der Waals surface area (Å²) in [7, 11) is -2.39. The molecule has 1 atom stereocenters. The third kappa shape index (κ3) is 3.23. The van der Waals surface area contributed by atoms with Crippen molar-refractivity contribution >= 4 is 10.0 Å². The van der Waals surface area contributed by atoms with Gasteiger partial charge in [0.05, 0.1) is 0 Å². The van der Waals surface area contributed by atoms with Crippen LogP contribution in [0.1, 0.15) is 20.3 Å². The van der Waals surface area contributed by atoms with Crippen molar-refractivity contribution in [1.82, 2.24) is 9.29 Å². The maximum Gasteiger partial charge on any atom is 0.263 e. The lowest BCUT2D eigenvalue weighted by Crippen LogP contribution is -2.32. The second-order valence-electron chi connectivity index (χ2n) is 4.09. The Morgan fingerprint density at radius 2 is 2.18 bits per heavy atom. The van der Waals surface area contributed by atoms with Gasteiger partial charge in [-0.2, -0.15) is 4.31 Å². The van der Waals surface area contributed by atoms with Crippen LogP contribution in [0.4, 0.5) is 4.39 Å². The molecular weight excluding hydrogens is 243 g/mol. The molecule has 1 unspecified atom stereocenters. The van der Waals surface area contributed by atoms with Gasteiger partial charge in [-0.15, -0.1) is 0 Å². The molecule has 0 fully saturated rings. The molecule has 4 nitrogen and oxygen atoms in total. The van der Waals surface area contributed by atoms with E-state index in [1.54, 1.807) is 0 Å². The number of nitrogens with zero attached hydrogens (tertiary/aromatic N) is 2. The summed E-state index contributed by atoms with van der Waals surface area (Å²) in [5.41, 5.74) is 0. The molecule has 0 saturated carbocycles. The summed E-state index contributed by atoms with van der Waals surface area (Å²) in [5.74, 6) is -0.593. The third-order valence-electron chi connectivity index (χ3n) is 2.65. The summed E-state index contributed by atoms with van der Waals surface area (Å²) < 4.78 is 38.6. The van der Waals surface area contributed by atoms with E-state index < -0.39 is 20.9 Å². The normalized spacial score (nSPS) is 13.9. The summed E-state index contributed by atoms with van der Waals surface area (Å²) in [5, 5.41) is -0.509. The zero-order valence-electron chi connectivity index (χ0n) is 10.2. The Morgan fingerprint density at radius 1 is 1.53 bits per heavy atom. The summed E-state index contributed by atoms with van der Waals surface area (Å²) in [6.45, 7) is 4.28. The Bertz CT molecular complexity index is 476. The lowest BCUT2D eigenvalue weighted by molar-refractivity contribution is 0.389. The van der Waals surface area contributed by atoms with E-state index in [0.29, 0.717) is 6.54 Å². The van der Waals surface area contributed by atoms with Crippen LogP contribution in [-0.4, -0.2) is 31.3 Å². The standard InChI is InChI=1S/C11H17FN2O2S/c1-4-9(2)8-14(3)17(15,16)11-10(12)6-5-7-13-11/h5-7,9H,4,8H2,1-3H3. The number of halogens is 1. The molecule has 0 aromatic carbocycles. The predicted molar refractivity (Wildman–Crippen MR) is 63.5 cm³/mol. The number of hydrogen-bond donors (Lipinski definition) is 0. The zero-order chi connectivity index (χ0) is 13.1. The summed E-state index contributed by atoms with van der Waals surface area (Å²) >= 11 is 0. The Balaban J connectivity index is 3.00. The SMILES string of the molecule is CCC(C)CN(C)S(=O)(=O)c1ncccc1F. The highest BCUT2D eigenvalue weighted by atomic mass is 32.2. The molecule has 1 heterocycles. The van der Waals surface area contributed by atoms with Gasteiger partial charge in [-0.25, -0.2) is 17.8 Å². The molecule has 6 heteroatoms. The fraction of sp³-hybridized carbons (Fsp3) is 0.545. The van der Waals surface area contributed by atoms with Gasteiger partial charge in [-0.05, 0) is 18.1 Å². The molecule has 0 amide bonds. The molecule has 1 aromatic heterocycles. The van der Waals surface area contributed by atoms with Crippen molar-refractivity contribution in [3.8, 4) is 0 Å². The Hall–Kier alpha value is -1.01. The fourth-order valence-corrected chi connectivity index (χ4v) is 2.63. The lowest BCUT2D eigenvalue weighted by Gasteiger charge is -2.19. The average molecular weight is 260 g/mol. The first kappa shape index (κ1) is 14.1. The van der Waals surface area contributed by atoms with Gasteiger partial charge in [0.1, 0.15) is 0 Å². The molecule has 0 aliphatic rings. The fourth-order valence-electron chi connectivity index (χ4n) is 1.37. The van der Waals surface area contributed by atoms with Gasteiger partial charge < -0.3 is 0 Å². The van der Waals surface area contributed by atoms with E-state index in [2.05, 4.69) is 4.98 Å². The van der Waals surface area contributed by atoms with Crippen LogP contribution >= 0.6 is 0 Å². The Morgan fingerprint density at radius 3 is 2.71 bits per heavy atom. The van der Waals surface area contributed by atoms with E-state index in [1.165, 1.54) is 19.3 Å². The van der Waals surface area contributed by atoms with Gasteiger partial charge in [0.15, 0.2) is 5.82 Å². The molecule has 0 aliphatic heterocycles. The third-order valence-corrected chi connectivity index (χ3v) is 4.40. The molecule has 96 valence electrons. The molecule has 1 aromatic rings. The number of sulfonamides is 1. The zero-order valence-corrected chi connectivity index (χ0v) is 11.0. The highest BCUT2D eigenvalue weighted by Gasteiger charge is 2.26. The van der Waals surface area contributed by atoms with Crippen molar-refractivity contribution in [2.45, 2.75) is 25.3 Å². The molecular formula is C11H17FN2O2S. The summed E-state index contributed by atoms with van der Waals surface area (Å²) in [4.78, 5) is 3.60. The van der Waals surface area contributed by atoms with Crippen molar-refractivity contribution in [2.24, 2.45) is 5.92 Å². The Kier molecular flexibility index (Phi) is 4.59. The first-order valence-corrected chi connectivity index (χ1v) is 6.90. The Labute approximate surface area is 102 Å². The van der Waals surface area contributed by atoms with Crippen molar-refractivity contribution in [3.05, 3.63) is 24.1 Å². The van der Waals surface area contributed by atoms with E-state index >= 15 is 0 Å². The van der Waals surface area contributed by atoms with Crippen LogP contribution in [-0.2, 0) is 10.0 Å².